The van der Waals surface area contributed by atoms with Gasteiger partial charge in [0.25, 0.3) is 0 Å². The predicted octanol–water partition coefficient (Wildman–Crippen LogP) is 4.77. The van der Waals surface area contributed by atoms with Gasteiger partial charge in [0.1, 0.15) is 16.6 Å². The summed E-state index contributed by atoms with van der Waals surface area (Å²) < 4.78 is 27.0. The van der Waals surface area contributed by atoms with E-state index in [2.05, 4.69) is 10.2 Å². The first-order valence-corrected chi connectivity index (χ1v) is 10.5. The van der Waals surface area contributed by atoms with Crippen molar-refractivity contribution in [2.24, 2.45) is 5.92 Å². The van der Waals surface area contributed by atoms with Crippen LogP contribution in [-0.2, 0) is 4.79 Å². The second-order valence-corrected chi connectivity index (χ2v) is 8.59. The van der Waals surface area contributed by atoms with Crippen LogP contribution in [0.1, 0.15) is 55.9 Å². The van der Waals surface area contributed by atoms with Crippen molar-refractivity contribution in [2.45, 2.75) is 50.9 Å². The molecule has 2 heterocycles. The molecule has 2 aromatic rings. The standard InChI is InChI=1S/C20H23F2N3OS/c21-15-5-6-16(17(22)12-15)20-24-23-19(27-20)14-7-9-25(10-8-14)18(26)11-13-3-1-2-4-13/h5-6,12-14H,1-4,7-11H2. The lowest BCUT2D eigenvalue weighted by Crippen LogP contribution is -2.38. The molecule has 1 aliphatic carbocycles. The minimum Gasteiger partial charge on any atom is -0.343 e. The molecule has 0 radical (unpaired) electrons. The molecule has 1 aliphatic heterocycles. The van der Waals surface area contributed by atoms with Crippen LogP contribution in [0.3, 0.4) is 0 Å². The second-order valence-electron chi connectivity index (χ2n) is 7.58. The molecule has 0 N–H and O–H groups in total. The normalized spacial score (nSPS) is 19.0. The van der Waals surface area contributed by atoms with Gasteiger partial charge in [0.15, 0.2) is 5.01 Å². The van der Waals surface area contributed by atoms with Gasteiger partial charge in [-0.05, 0) is 43.7 Å². The summed E-state index contributed by atoms with van der Waals surface area (Å²) in [6.07, 6.45) is 7.30. The molecular weight excluding hydrogens is 368 g/mol. The predicted molar refractivity (Wildman–Crippen MR) is 100 cm³/mol. The number of hydrogen-bond acceptors (Lipinski definition) is 4. The van der Waals surface area contributed by atoms with E-state index in [0.717, 1.165) is 37.0 Å². The number of carbonyl (C=O) groups is 1. The number of halogens is 2. The van der Waals surface area contributed by atoms with Crippen LogP contribution in [0.15, 0.2) is 18.2 Å². The number of amides is 1. The van der Waals surface area contributed by atoms with E-state index in [4.69, 9.17) is 0 Å². The van der Waals surface area contributed by atoms with Crippen LogP contribution in [-0.4, -0.2) is 34.1 Å². The van der Waals surface area contributed by atoms with E-state index in [1.54, 1.807) is 0 Å². The van der Waals surface area contributed by atoms with Crippen molar-refractivity contribution in [1.82, 2.24) is 15.1 Å². The van der Waals surface area contributed by atoms with Gasteiger partial charge in [0.2, 0.25) is 5.91 Å². The molecule has 144 valence electrons. The highest BCUT2D eigenvalue weighted by Crippen LogP contribution is 2.35. The number of aromatic nitrogens is 2. The van der Waals surface area contributed by atoms with E-state index in [0.29, 0.717) is 17.3 Å². The lowest BCUT2D eigenvalue weighted by Gasteiger charge is -2.31. The Morgan fingerprint density at radius 2 is 1.85 bits per heavy atom. The van der Waals surface area contributed by atoms with Gasteiger partial charge in [-0.25, -0.2) is 8.78 Å². The highest BCUT2D eigenvalue weighted by Gasteiger charge is 2.28. The molecule has 0 bridgehead atoms. The van der Waals surface area contributed by atoms with Gasteiger partial charge < -0.3 is 4.90 Å². The Hall–Kier alpha value is -1.89. The van der Waals surface area contributed by atoms with Crippen LogP contribution in [0.2, 0.25) is 0 Å². The Morgan fingerprint density at radius 1 is 1.11 bits per heavy atom. The van der Waals surface area contributed by atoms with E-state index in [9.17, 15) is 13.6 Å². The fraction of sp³-hybridized carbons (Fsp3) is 0.550. The van der Waals surface area contributed by atoms with Gasteiger partial charge in [0, 0.05) is 37.1 Å². The summed E-state index contributed by atoms with van der Waals surface area (Å²) in [6, 6.07) is 3.50. The Kier molecular flexibility index (Phi) is 5.48. The zero-order valence-corrected chi connectivity index (χ0v) is 16.0. The molecule has 1 saturated heterocycles. The number of benzene rings is 1. The molecule has 1 aromatic heterocycles. The molecule has 0 unspecified atom stereocenters. The maximum Gasteiger partial charge on any atom is 0.222 e. The monoisotopic (exact) mass is 391 g/mol. The molecule has 1 aromatic carbocycles. The fourth-order valence-electron chi connectivity index (χ4n) is 4.14. The van der Waals surface area contributed by atoms with Crippen molar-refractivity contribution in [3.8, 4) is 10.6 Å². The third-order valence-corrected chi connectivity index (χ3v) is 6.86. The molecule has 1 amide bonds. The summed E-state index contributed by atoms with van der Waals surface area (Å²) >= 11 is 1.36. The molecule has 7 heteroatoms. The molecule has 2 fully saturated rings. The smallest absolute Gasteiger partial charge is 0.222 e. The van der Waals surface area contributed by atoms with Gasteiger partial charge in [0.05, 0.1) is 0 Å². The summed E-state index contributed by atoms with van der Waals surface area (Å²) in [5.74, 6) is -0.116. The van der Waals surface area contributed by atoms with E-state index >= 15 is 0 Å². The summed E-state index contributed by atoms with van der Waals surface area (Å²) in [7, 11) is 0. The lowest BCUT2D eigenvalue weighted by atomic mass is 9.96. The average molecular weight is 391 g/mol. The topological polar surface area (TPSA) is 46.1 Å². The maximum absolute atomic E-state index is 13.9. The molecule has 4 nitrogen and oxygen atoms in total. The number of carbonyl (C=O) groups excluding carboxylic acids is 1. The molecule has 2 aliphatic rings. The lowest BCUT2D eigenvalue weighted by molar-refractivity contribution is -0.133. The number of hydrogen-bond donors (Lipinski definition) is 0. The highest BCUT2D eigenvalue weighted by molar-refractivity contribution is 7.14. The number of likely N-dealkylation sites (tertiary alicyclic amines) is 1. The Labute approximate surface area is 161 Å². The van der Waals surface area contributed by atoms with Crippen molar-refractivity contribution >= 4 is 17.2 Å². The van der Waals surface area contributed by atoms with E-state index < -0.39 is 11.6 Å². The molecule has 0 spiro atoms. The van der Waals surface area contributed by atoms with Crippen molar-refractivity contribution in [1.29, 1.82) is 0 Å². The minimum atomic E-state index is -0.620. The first kappa shape index (κ1) is 18.5. The van der Waals surface area contributed by atoms with Crippen LogP contribution in [0.4, 0.5) is 8.78 Å². The van der Waals surface area contributed by atoms with Gasteiger partial charge in [-0.1, -0.05) is 24.2 Å². The number of nitrogens with zero attached hydrogens (tertiary/aromatic N) is 3. The number of rotatable bonds is 4. The Bertz CT molecular complexity index is 811. The second kappa shape index (κ2) is 8.00. The third kappa shape index (κ3) is 4.18. The van der Waals surface area contributed by atoms with Crippen molar-refractivity contribution in [3.63, 3.8) is 0 Å². The van der Waals surface area contributed by atoms with E-state index in [1.807, 2.05) is 4.90 Å². The minimum absolute atomic E-state index is 0.246. The molecular formula is C20H23F2N3OS. The van der Waals surface area contributed by atoms with Crippen LogP contribution in [0, 0.1) is 17.6 Å². The zero-order valence-electron chi connectivity index (χ0n) is 15.2. The molecule has 4 rings (SSSR count). The third-order valence-electron chi connectivity index (χ3n) is 5.74. The van der Waals surface area contributed by atoms with Gasteiger partial charge in [-0.2, -0.15) is 0 Å². The van der Waals surface area contributed by atoms with E-state index in [1.165, 1.54) is 49.2 Å². The quantitative estimate of drug-likeness (QED) is 0.754. The Balaban J connectivity index is 1.36. The molecule has 1 saturated carbocycles. The van der Waals surface area contributed by atoms with Crippen LogP contribution in [0.5, 0.6) is 0 Å². The SMILES string of the molecule is O=C(CC1CCCC1)N1CCC(c2nnc(-c3ccc(F)cc3F)s2)CC1. The highest BCUT2D eigenvalue weighted by atomic mass is 32.1. The molecule has 27 heavy (non-hydrogen) atoms. The van der Waals surface area contributed by atoms with Crippen molar-refractivity contribution < 1.29 is 13.6 Å². The summed E-state index contributed by atoms with van der Waals surface area (Å²) in [5, 5.41) is 9.68. The van der Waals surface area contributed by atoms with E-state index in [-0.39, 0.29) is 17.4 Å². The summed E-state index contributed by atoms with van der Waals surface area (Å²) in [4.78, 5) is 14.5. The summed E-state index contributed by atoms with van der Waals surface area (Å²) in [6.45, 7) is 1.49. The average Bonchev–Trinajstić information content (AvgIpc) is 3.34. The van der Waals surface area contributed by atoms with Crippen LogP contribution in [0.25, 0.3) is 10.6 Å². The van der Waals surface area contributed by atoms with Gasteiger partial charge >= 0.3 is 0 Å². The Morgan fingerprint density at radius 3 is 2.56 bits per heavy atom. The molecule has 0 atom stereocenters. The largest absolute Gasteiger partial charge is 0.343 e. The van der Waals surface area contributed by atoms with Crippen LogP contribution < -0.4 is 0 Å². The zero-order chi connectivity index (χ0) is 18.8. The fourth-order valence-corrected chi connectivity index (χ4v) is 5.18. The van der Waals surface area contributed by atoms with Crippen LogP contribution >= 0.6 is 11.3 Å². The van der Waals surface area contributed by atoms with Crippen molar-refractivity contribution in [3.05, 3.63) is 34.8 Å². The first-order chi connectivity index (χ1) is 13.1. The van der Waals surface area contributed by atoms with Gasteiger partial charge in [-0.3, -0.25) is 4.79 Å². The van der Waals surface area contributed by atoms with Gasteiger partial charge in [-0.15, -0.1) is 10.2 Å². The first-order valence-electron chi connectivity index (χ1n) is 9.67. The summed E-state index contributed by atoms with van der Waals surface area (Å²) in [5.41, 5.74) is 0.282. The van der Waals surface area contributed by atoms with Crippen molar-refractivity contribution in [2.75, 3.05) is 13.1 Å². The number of piperidine rings is 1. The maximum atomic E-state index is 13.9.